The first-order valence-electron chi connectivity index (χ1n) is 6.73. The van der Waals surface area contributed by atoms with Crippen LogP contribution in [-0.4, -0.2) is 43.8 Å². The van der Waals surface area contributed by atoms with Crippen molar-refractivity contribution in [2.75, 3.05) is 21.1 Å². The van der Waals surface area contributed by atoms with Gasteiger partial charge in [0.05, 0.1) is 0 Å². The Morgan fingerprint density at radius 3 is 2.17 bits per heavy atom. The number of rotatable bonds is 6. The molecule has 0 aromatic rings. The smallest absolute Gasteiger partial charge is 0.315 e. The largest absolute Gasteiger partial charge is 0.389 e. The molecule has 0 aromatic carbocycles. The first-order valence-corrected chi connectivity index (χ1v) is 6.73. The van der Waals surface area contributed by atoms with E-state index in [0.29, 0.717) is 6.42 Å². The highest BCUT2D eigenvalue weighted by Gasteiger charge is 2.42. The molecule has 0 aromatic heterocycles. The Labute approximate surface area is 108 Å². The summed E-state index contributed by atoms with van der Waals surface area (Å²) in [4.78, 5) is 2.20. The summed E-state index contributed by atoms with van der Waals surface area (Å²) in [6.45, 7) is 0. The molecule has 0 bridgehead atoms. The lowest BCUT2D eigenvalue weighted by molar-refractivity contribution is -0.136. The molecule has 5 heteroatoms. The molecule has 2 nitrogen and oxygen atoms in total. The van der Waals surface area contributed by atoms with E-state index in [9.17, 15) is 13.2 Å². The lowest BCUT2D eigenvalue weighted by Crippen LogP contribution is -2.56. The second-order valence-electron chi connectivity index (χ2n) is 5.55. The van der Waals surface area contributed by atoms with Crippen LogP contribution in [0.5, 0.6) is 0 Å². The normalized spacial score (nSPS) is 21.5. The van der Waals surface area contributed by atoms with Gasteiger partial charge in [0.15, 0.2) is 0 Å². The molecule has 1 N–H and O–H groups in total. The fourth-order valence-corrected chi connectivity index (χ4v) is 3.28. The monoisotopic (exact) mass is 266 g/mol. The van der Waals surface area contributed by atoms with Gasteiger partial charge in [-0.25, -0.2) is 0 Å². The number of alkyl halides is 3. The summed E-state index contributed by atoms with van der Waals surface area (Å²) < 4.78 is 36.6. The van der Waals surface area contributed by atoms with E-state index in [2.05, 4.69) is 10.2 Å². The van der Waals surface area contributed by atoms with Crippen molar-refractivity contribution < 1.29 is 13.2 Å². The topological polar surface area (TPSA) is 15.3 Å². The number of nitrogens with one attached hydrogen (secondary N) is 1. The molecule has 1 aliphatic carbocycles. The van der Waals surface area contributed by atoms with Crippen LogP contribution in [-0.2, 0) is 0 Å². The van der Waals surface area contributed by atoms with Gasteiger partial charge in [-0.05, 0) is 46.8 Å². The van der Waals surface area contributed by atoms with E-state index >= 15 is 0 Å². The molecule has 18 heavy (non-hydrogen) atoms. The van der Waals surface area contributed by atoms with Crippen LogP contribution in [0.25, 0.3) is 0 Å². The van der Waals surface area contributed by atoms with Crippen LogP contribution < -0.4 is 5.32 Å². The molecule has 0 amide bonds. The van der Waals surface area contributed by atoms with Crippen molar-refractivity contribution in [2.45, 2.75) is 62.7 Å². The van der Waals surface area contributed by atoms with E-state index in [1.165, 1.54) is 12.8 Å². The van der Waals surface area contributed by atoms with Gasteiger partial charge in [0, 0.05) is 18.0 Å². The van der Waals surface area contributed by atoms with Gasteiger partial charge in [-0.15, -0.1) is 0 Å². The van der Waals surface area contributed by atoms with Crippen LogP contribution in [0, 0.1) is 0 Å². The van der Waals surface area contributed by atoms with Crippen molar-refractivity contribution in [2.24, 2.45) is 0 Å². The van der Waals surface area contributed by atoms with Gasteiger partial charge in [-0.2, -0.15) is 13.2 Å². The number of nitrogens with zero attached hydrogens (tertiary/aromatic N) is 1. The number of hydrogen-bond donors (Lipinski definition) is 1. The maximum Gasteiger partial charge on any atom is 0.389 e. The first-order chi connectivity index (χ1) is 8.32. The average Bonchev–Trinajstić information content (AvgIpc) is 2.73. The highest BCUT2D eigenvalue weighted by atomic mass is 19.4. The number of hydrogen-bond acceptors (Lipinski definition) is 2. The second-order valence-corrected chi connectivity index (χ2v) is 5.55. The zero-order chi connectivity index (χ0) is 13.8. The van der Waals surface area contributed by atoms with Gasteiger partial charge in [0.1, 0.15) is 0 Å². The van der Waals surface area contributed by atoms with Crippen LogP contribution in [0.4, 0.5) is 13.2 Å². The molecule has 0 heterocycles. The van der Waals surface area contributed by atoms with Crippen LogP contribution in [0.3, 0.4) is 0 Å². The Morgan fingerprint density at radius 2 is 1.78 bits per heavy atom. The molecular formula is C13H25F3N2. The Bertz CT molecular complexity index is 245. The summed E-state index contributed by atoms with van der Waals surface area (Å²) in [6, 6.07) is 0.150. The molecule has 0 radical (unpaired) electrons. The van der Waals surface area contributed by atoms with Crippen molar-refractivity contribution in [3.63, 3.8) is 0 Å². The van der Waals surface area contributed by atoms with Gasteiger partial charge >= 0.3 is 6.18 Å². The molecule has 108 valence electrons. The molecule has 1 aliphatic rings. The lowest BCUT2D eigenvalue weighted by atomic mass is 9.84. The third kappa shape index (κ3) is 3.85. The van der Waals surface area contributed by atoms with Crippen molar-refractivity contribution >= 4 is 0 Å². The predicted octanol–water partition coefficient (Wildman–Crippen LogP) is 3.18. The zero-order valence-corrected chi connectivity index (χ0v) is 11.6. The van der Waals surface area contributed by atoms with Crippen LogP contribution in [0.2, 0.25) is 0 Å². The molecule has 1 fully saturated rings. The quantitative estimate of drug-likeness (QED) is 0.794. The fraction of sp³-hybridized carbons (Fsp3) is 1.00. The average molecular weight is 266 g/mol. The lowest BCUT2D eigenvalue weighted by Gasteiger charge is -2.43. The van der Waals surface area contributed by atoms with E-state index in [4.69, 9.17) is 0 Å². The summed E-state index contributed by atoms with van der Waals surface area (Å²) in [5.74, 6) is 0. The molecule has 1 saturated carbocycles. The predicted molar refractivity (Wildman–Crippen MR) is 67.6 cm³/mol. The van der Waals surface area contributed by atoms with Gasteiger partial charge in [0.2, 0.25) is 0 Å². The summed E-state index contributed by atoms with van der Waals surface area (Å²) in [6.07, 6.45) is 0.618. The molecule has 1 unspecified atom stereocenters. The van der Waals surface area contributed by atoms with Crippen molar-refractivity contribution in [1.82, 2.24) is 10.2 Å². The summed E-state index contributed by atoms with van der Waals surface area (Å²) >= 11 is 0. The third-order valence-electron chi connectivity index (χ3n) is 4.31. The van der Waals surface area contributed by atoms with Crippen molar-refractivity contribution in [3.05, 3.63) is 0 Å². The standard InChI is InChI=1S/C13H25F3N2/c1-17-11(7-6-10-13(14,15)16)12(18(2)3)8-4-5-9-12/h11,17H,4-10H2,1-3H3. The summed E-state index contributed by atoms with van der Waals surface area (Å²) in [5, 5.41) is 3.24. The maximum atomic E-state index is 12.2. The zero-order valence-electron chi connectivity index (χ0n) is 11.6. The van der Waals surface area contributed by atoms with Crippen LogP contribution >= 0.6 is 0 Å². The van der Waals surface area contributed by atoms with Gasteiger partial charge in [-0.3, -0.25) is 0 Å². The van der Waals surface area contributed by atoms with E-state index < -0.39 is 12.6 Å². The molecule has 0 spiro atoms. The summed E-state index contributed by atoms with van der Waals surface area (Å²) in [7, 11) is 5.95. The van der Waals surface area contributed by atoms with E-state index in [-0.39, 0.29) is 18.0 Å². The minimum Gasteiger partial charge on any atom is -0.315 e. The van der Waals surface area contributed by atoms with E-state index in [0.717, 1.165) is 12.8 Å². The molecule has 0 saturated heterocycles. The molecule has 0 aliphatic heterocycles. The summed E-state index contributed by atoms with van der Waals surface area (Å²) in [5.41, 5.74) is 0.0420. The molecule has 1 rings (SSSR count). The van der Waals surface area contributed by atoms with E-state index in [1.54, 1.807) is 0 Å². The highest BCUT2D eigenvalue weighted by molar-refractivity contribution is 5.01. The van der Waals surface area contributed by atoms with Crippen LogP contribution in [0.15, 0.2) is 0 Å². The van der Waals surface area contributed by atoms with Gasteiger partial charge in [0.25, 0.3) is 0 Å². The maximum absolute atomic E-state index is 12.2. The minimum atomic E-state index is -4.03. The highest BCUT2D eigenvalue weighted by Crippen LogP contribution is 2.38. The first kappa shape index (κ1) is 15.8. The van der Waals surface area contributed by atoms with Gasteiger partial charge in [-0.1, -0.05) is 12.8 Å². The molecular weight excluding hydrogens is 241 g/mol. The fourth-order valence-electron chi connectivity index (χ4n) is 3.28. The van der Waals surface area contributed by atoms with Crippen molar-refractivity contribution in [1.29, 1.82) is 0 Å². The SMILES string of the molecule is CNC(CCCC(F)(F)F)C1(N(C)C)CCCC1. The third-order valence-corrected chi connectivity index (χ3v) is 4.31. The van der Waals surface area contributed by atoms with E-state index in [1.807, 2.05) is 21.1 Å². The van der Waals surface area contributed by atoms with Crippen LogP contribution in [0.1, 0.15) is 44.9 Å². The Morgan fingerprint density at radius 1 is 1.22 bits per heavy atom. The Balaban J connectivity index is 2.58. The minimum absolute atomic E-state index is 0.0420. The Hall–Kier alpha value is -0.290. The Kier molecular flexibility index (Phi) is 5.46. The second kappa shape index (κ2) is 6.24. The van der Waals surface area contributed by atoms with Gasteiger partial charge < -0.3 is 10.2 Å². The number of halogens is 3. The van der Waals surface area contributed by atoms with Crippen molar-refractivity contribution in [3.8, 4) is 0 Å². The molecule has 1 atom stereocenters. The number of likely N-dealkylation sites (N-methyl/N-ethyl adjacent to an activating group) is 2.